The Labute approximate surface area is 187 Å². The lowest BCUT2D eigenvalue weighted by molar-refractivity contribution is -0.00240. The number of amidine groups is 1. The Kier molecular flexibility index (Phi) is 6.71. The van der Waals surface area contributed by atoms with E-state index in [1.807, 2.05) is 6.08 Å². The highest BCUT2D eigenvalue weighted by Gasteiger charge is 2.41. The fraction of sp³-hybridized carbons (Fsp3) is 0.708. The van der Waals surface area contributed by atoms with Gasteiger partial charge in [0, 0.05) is 40.6 Å². The summed E-state index contributed by atoms with van der Waals surface area (Å²) in [6.45, 7) is 5.32. The minimum absolute atomic E-state index is 0.0116. The molecule has 4 rings (SSSR count). The van der Waals surface area contributed by atoms with E-state index in [0.717, 1.165) is 36.2 Å². The molecule has 172 valence electrons. The maximum absolute atomic E-state index is 14.8. The van der Waals surface area contributed by atoms with Gasteiger partial charge in [0.2, 0.25) is 0 Å². The highest BCUT2D eigenvalue weighted by atomic mass is 32.2. The molecule has 0 radical (unpaired) electrons. The molecule has 2 N–H and O–H groups in total. The van der Waals surface area contributed by atoms with Crippen LogP contribution in [-0.2, 0) is 15.6 Å². The molecular weight excluding hydrogens is 416 g/mol. The van der Waals surface area contributed by atoms with Crippen molar-refractivity contribution in [1.29, 1.82) is 5.41 Å². The third-order valence-electron chi connectivity index (χ3n) is 7.23. The highest BCUT2D eigenvalue weighted by Crippen LogP contribution is 2.51. The summed E-state index contributed by atoms with van der Waals surface area (Å²) in [5, 5.41) is 8.25. The minimum atomic E-state index is -1.10. The first-order valence-corrected chi connectivity index (χ1v) is 13.1. The third-order valence-corrected chi connectivity index (χ3v) is 7.94. The van der Waals surface area contributed by atoms with Crippen LogP contribution in [0.5, 0.6) is 0 Å². The van der Waals surface area contributed by atoms with E-state index in [1.165, 1.54) is 38.2 Å². The zero-order valence-electron chi connectivity index (χ0n) is 18.8. The summed E-state index contributed by atoms with van der Waals surface area (Å²) < 4.78 is 39.0. The predicted molar refractivity (Wildman–Crippen MR) is 123 cm³/mol. The SMILES string of the molecule is CC1CC2CC(C1)CC(C)(COC1=C(C3CC3)C=C(C(=N)NS(C)=NF)CC(F)=C1)C2. The average Bonchev–Trinajstić information content (AvgIpc) is 3.52. The smallest absolute Gasteiger partial charge is 0.132 e. The van der Waals surface area contributed by atoms with Crippen LogP contribution in [-0.4, -0.2) is 18.7 Å². The molecule has 0 aromatic carbocycles. The van der Waals surface area contributed by atoms with Crippen molar-refractivity contribution in [2.75, 3.05) is 12.9 Å². The molecule has 3 atom stereocenters. The summed E-state index contributed by atoms with van der Waals surface area (Å²) in [5.41, 5.74) is 1.63. The van der Waals surface area contributed by atoms with Crippen molar-refractivity contribution < 1.29 is 13.6 Å². The molecule has 31 heavy (non-hydrogen) atoms. The van der Waals surface area contributed by atoms with Crippen LogP contribution >= 0.6 is 0 Å². The number of hydrogen-bond donors (Lipinski definition) is 2. The van der Waals surface area contributed by atoms with Crippen LogP contribution in [0.3, 0.4) is 0 Å². The summed E-state index contributed by atoms with van der Waals surface area (Å²) in [7, 11) is -1.10. The Balaban J connectivity index is 1.52. The second-order valence-electron chi connectivity index (χ2n) is 10.6. The molecule has 3 unspecified atom stereocenters. The number of hydrogen-bond acceptors (Lipinski definition) is 3. The van der Waals surface area contributed by atoms with Crippen LogP contribution in [0, 0.1) is 34.5 Å². The first-order chi connectivity index (χ1) is 14.7. The van der Waals surface area contributed by atoms with E-state index in [0.29, 0.717) is 23.9 Å². The van der Waals surface area contributed by atoms with Crippen LogP contribution in [0.4, 0.5) is 8.87 Å². The van der Waals surface area contributed by atoms with Crippen molar-refractivity contribution in [3.8, 4) is 0 Å². The number of rotatable bonds is 6. The van der Waals surface area contributed by atoms with Crippen LogP contribution < -0.4 is 4.72 Å². The number of fused-ring (bicyclic) bond motifs is 2. The van der Waals surface area contributed by atoms with E-state index in [1.54, 1.807) is 6.26 Å². The Hall–Kier alpha value is -1.50. The van der Waals surface area contributed by atoms with Crippen LogP contribution in [0.25, 0.3) is 0 Å². The number of nitrogens with zero attached hydrogens (tertiary/aromatic N) is 1. The lowest BCUT2D eigenvalue weighted by Gasteiger charge is -2.47. The molecule has 3 saturated carbocycles. The molecule has 4 aliphatic rings. The van der Waals surface area contributed by atoms with Crippen molar-refractivity contribution in [1.82, 2.24) is 4.72 Å². The first-order valence-electron chi connectivity index (χ1n) is 11.5. The van der Waals surface area contributed by atoms with Crippen molar-refractivity contribution in [3.05, 3.63) is 34.9 Å². The van der Waals surface area contributed by atoms with Crippen LogP contribution in [0.15, 0.2) is 39.5 Å². The fourth-order valence-electron chi connectivity index (χ4n) is 6.08. The molecule has 2 bridgehead atoms. The summed E-state index contributed by atoms with van der Waals surface area (Å²) in [5.74, 6) is 3.09. The van der Waals surface area contributed by atoms with Gasteiger partial charge in [0.1, 0.15) is 17.4 Å². The standard InChI is InChI=1S/C24H35F2N3OS/c1-15-6-16-8-17(7-15)13-24(2,12-16)14-30-22-11-20(25)9-19(10-21(22)18-4-5-18)23(27)28-31(3)29-26/h10-11,15-18H,4-9,12-14H2,1-3H3,(H2,27,28,29). The van der Waals surface area contributed by atoms with Gasteiger partial charge in [-0.3, -0.25) is 5.41 Å². The van der Waals surface area contributed by atoms with Crippen molar-refractivity contribution in [2.24, 2.45) is 33.7 Å². The van der Waals surface area contributed by atoms with Gasteiger partial charge in [0.15, 0.2) is 0 Å². The number of halogens is 2. The molecule has 4 aliphatic carbocycles. The van der Waals surface area contributed by atoms with E-state index in [-0.39, 0.29) is 23.5 Å². The molecule has 0 saturated heterocycles. The number of ether oxygens (including phenoxy) is 1. The Morgan fingerprint density at radius 2 is 1.94 bits per heavy atom. The summed E-state index contributed by atoms with van der Waals surface area (Å²) in [6.07, 6.45) is 13.5. The molecule has 7 heteroatoms. The summed E-state index contributed by atoms with van der Waals surface area (Å²) >= 11 is 0. The van der Waals surface area contributed by atoms with E-state index in [4.69, 9.17) is 10.1 Å². The van der Waals surface area contributed by atoms with Gasteiger partial charge in [-0.15, -0.1) is 0 Å². The molecule has 0 aromatic heterocycles. The van der Waals surface area contributed by atoms with Crippen molar-refractivity contribution in [3.63, 3.8) is 0 Å². The Morgan fingerprint density at radius 3 is 2.55 bits per heavy atom. The van der Waals surface area contributed by atoms with Gasteiger partial charge >= 0.3 is 0 Å². The summed E-state index contributed by atoms with van der Waals surface area (Å²) in [6, 6.07) is 0. The van der Waals surface area contributed by atoms with Crippen LogP contribution in [0.1, 0.15) is 65.2 Å². The van der Waals surface area contributed by atoms with E-state index in [2.05, 4.69) is 23.2 Å². The molecule has 0 spiro atoms. The molecule has 0 aliphatic heterocycles. The normalized spacial score (nSPS) is 34.5. The Bertz CT molecular complexity index is 841. The van der Waals surface area contributed by atoms with Gasteiger partial charge in [-0.05, 0) is 84.9 Å². The molecule has 0 aromatic rings. The van der Waals surface area contributed by atoms with Gasteiger partial charge in [-0.2, -0.15) is 0 Å². The number of nitrogens with one attached hydrogen (secondary N) is 2. The predicted octanol–water partition coefficient (Wildman–Crippen LogP) is 6.50. The van der Waals surface area contributed by atoms with Crippen LogP contribution in [0.2, 0.25) is 0 Å². The first kappa shape index (κ1) is 22.7. The number of allylic oxidation sites excluding steroid dienone is 4. The van der Waals surface area contributed by atoms with Crippen molar-refractivity contribution >= 4 is 16.7 Å². The molecule has 4 nitrogen and oxygen atoms in total. The molecule has 0 amide bonds. The third kappa shape index (κ3) is 5.65. The second kappa shape index (κ2) is 9.16. The topological polar surface area (TPSA) is 57.5 Å². The quantitative estimate of drug-likeness (QED) is 0.358. The Morgan fingerprint density at radius 1 is 1.26 bits per heavy atom. The van der Waals surface area contributed by atoms with Gasteiger partial charge < -0.3 is 9.46 Å². The van der Waals surface area contributed by atoms with E-state index < -0.39 is 10.9 Å². The zero-order chi connectivity index (χ0) is 22.2. The monoisotopic (exact) mass is 451 g/mol. The van der Waals surface area contributed by atoms with Gasteiger partial charge in [0.05, 0.1) is 6.61 Å². The lowest BCUT2D eigenvalue weighted by Crippen LogP contribution is -2.38. The van der Waals surface area contributed by atoms with E-state index >= 15 is 0 Å². The maximum atomic E-state index is 14.8. The average molecular weight is 452 g/mol. The fourth-order valence-corrected chi connectivity index (χ4v) is 6.54. The second-order valence-corrected chi connectivity index (χ2v) is 11.9. The molecule has 3 fully saturated rings. The van der Waals surface area contributed by atoms with Gasteiger partial charge in [-0.1, -0.05) is 18.3 Å². The maximum Gasteiger partial charge on any atom is 0.132 e. The van der Waals surface area contributed by atoms with Gasteiger partial charge in [0.25, 0.3) is 0 Å². The summed E-state index contributed by atoms with van der Waals surface area (Å²) in [4.78, 5) is 0. The largest absolute Gasteiger partial charge is 0.493 e. The van der Waals surface area contributed by atoms with Crippen molar-refractivity contribution in [2.45, 2.75) is 65.2 Å². The highest BCUT2D eigenvalue weighted by molar-refractivity contribution is 7.85. The molecule has 0 heterocycles. The minimum Gasteiger partial charge on any atom is -0.493 e. The van der Waals surface area contributed by atoms with E-state index in [9.17, 15) is 8.87 Å². The lowest BCUT2D eigenvalue weighted by atomic mass is 9.60. The zero-order valence-corrected chi connectivity index (χ0v) is 19.7. The van der Waals surface area contributed by atoms with Gasteiger partial charge in [-0.25, -0.2) is 4.39 Å². The molecular formula is C24H35F2N3OS.